The molecule has 72 valence electrons. The molecular weight excluding hydrogens is 270 g/mol. The summed E-state index contributed by atoms with van der Waals surface area (Å²) < 4.78 is 26.7. The highest BCUT2D eigenvalue weighted by molar-refractivity contribution is 9.11. The number of hydrogen-bond donors (Lipinski definition) is 0. The van der Waals surface area contributed by atoms with Gasteiger partial charge in [0.2, 0.25) is 0 Å². The van der Waals surface area contributed by atoms with Crippen LogP contribution in [0.25, 0.3) is 11.1 Å². The van der Waals surface area contributed by atoms with Crippen LogP contribution in [0.4, 0.5) is 8.78 Å². The second-order valence-electron chi connectivity index (χ2n) is 2.77. The van der Waals surface area contributed by atoms with Gasteiger partial charge >= 0.3 is 0 Å². The molecule has 14 heavy (non-hydrogen) atoms. The lowest BCUT2D eigenvalue weighted by Crippen LogP contribution is -1.82. The molecule has 2 rings (SSSR count). The van der Waals surface area contributed by atoms with E-state index in [2.05, 4.69) is 15.9 Å². The highest BCUT2D eigenvalue weighted by Crippen LogP contribution is 2.33. The van der Waals surface area contributed by atoms with Gasteiger partial charge in [-0.25, -0.2) is 8.78 Å². The van der Waals surface area contributed by atoms with Crippen molar-refractivity contribution in [3.8, 4) is 11.1 Å². The summed E-state index contributed by atoms with van der Waals surface area (Å²) in [6, 6.07) is 5.32. The molecule has 0 saturated carbocycles. The van der Waals surface area contributed by atoms with E-state index in [0.29, 0.717) is 5.56 Å². The number of rotatable bonds is 1. The van der Waals surface area contributed by atoms with Crippen LogP contribution in [-0.2, 0) is 0 Å². The Balaban J connectivity index is 2.57. The first-order chi connectivity index (χ1) is 6.66. The normalized spacial score (nSPS) is 10.5. The van der Waals surface area contributed by atoms with Crippen molar-refractivity contribution in [2.45, 2.75) is 0 Å². The fourth-order valence-electron chi connectivity index (χ4n) is 1.21. The van der Waals surface area contributed by atoms with Crippen molar-refractivity contribution in [2.75, 3.05) is 0 Å². The molecule has 1 heterocycles. The van der Waals surface area contributed by atoms with Gasteiger partial charge in [-0.2, -0.15) is 0 Å². The zero-order chi connectivity index (χ0) is 10.1. The van der Waals surface area contributed by atoms with E-state index < -0.39 is 11.6 Å². The average Bonchev–Trinajstić information content (AvgIpc) is 2.49. The van der Waals surface area contributed by atoms with E-state index in [-0.39, 0.29) is 0 Å². The minimum absolute atomic E-state index is 0.552. The molecule has 0 bridgehead atoms. The summed E-state index contributed by atoms with van der Waals surface area (Å²) in [7, 11) is 0. The molecule has 0 saturated heterocycles. The molecule has 0 radical (unpaired) electrons. The SMILES string of the molecule is Fc1cc(F)cc(-c2ccsc2Br)c1. The Bertz CT molecular complexity index is 445. The Labute approximate surface area is 92.3 Å². The summed E-state index contributed by atoms with van der Waals surface area (Å²) in [6.45, 7) is 0. The van der Waals surface area contributed by atoms with Gasteiger partial charge in [0.1, 0.15) is 11.6 Å². The van der Waals surface area contributed by atoms with Crippen LogP contribution in [0.1, 0.15) is 0 Å². The van der Waals surface area contributed by atoms with Crippen LogP contribution in [-0.4, -0.2) is 0 Å². The third-order valence-corrected chi connectivity index (χ3v) is 3.48. The summed E-state index contributed by atoms with van der Waals surface area (Å²) in [6.07, 6.45) is 0. The standard InChI is InChI=1S/C10H5BrF2S/c11-10-9(1-2-14-10)6-3-7(12)5-8(13)4-6/h1-5H. The van der Waals surface area contributed by atoms with Crippen molar-refractivity contribution in [3.05, 3.63) is 45.1 Å². The van der Waals surface area contributed by atoms with E-state index in [4.69, 9.17) is 0 Å². The first-order valence-corrected chi connectivity index (χ1v) is 5.53. The molecule has 0 aliphatic rings. The zero-order valence-corrected chi connectivity index (χ0v) is 9.33. The zero-order valence-electron chi connectivity index (χ0n) is 6.93. The average molecular weight is 275 g/mol. The lowest BCUT2D eigenvalue weighted by molar-refractivity contribution is 0.584. The van der Waals surface area contributed by atoms with E-state index >= 15 is 0 Å². The van der Waals surface area contributed by atoms with Gasteiger partial charge in [-0.15, -0.1) is 11.3 Å². The van der Waals surface area contributed by atoms with Crippen molar-refractivity contribution in [1.29, 1.82) is 0 Å². The second-order valence-corrected chi connectivity index (χ2v) is 5.00. The van der Waals surface area contributed by atoms with E-state index in [1.807, 2.05) is 11.4 Å². The predicted molar refractivity (Wildman–Crippen MR) is 57.4 cm³/mol. The van der Waals surface area contributed by atoms with Gasteiger partial charge in [0.25, 0.3) is 0 Å². The molecule has 0 aliphatic carbocycles. The Kier molecular flexibility index (Phi) is 2.65. The maximum atomic E-state index is 12.9. The molecule has 0 atom stereocenters. The number of halogens is 3. The van der Waals surface area contributed by atoms with Gasteiger partial charge < -0.3 is 0 Å². The molecule has 0 amide bonds. The molecule has 0 spiro atoms. The topological polar surface area (TPSA) is 0 Å². The summed E-state index contributed by atoms with van der Waals surface area (Å²) in [5, 5.41) is 1.86. The van der Waals surface area contributed by atoms with Crippen molar-refractivity contribution < 1.29 is 8.78 Å². The molecule has 0 aliphatic heterocycles. The third kappa shape index (κ3) is 1.86. The van der Waals surface area contributed by atoms with E-state index in [1.165, 1.54) is 23.5 Å². The largest absolute Gasteiger partial charge is 0.207 e. The second kappa shape index (κ2) is 3.79. The highest BCUT2D eigenvalue weighted by atomic mass is 79.9. The summed E-state index contributed by atoms with van der Waals surface area (Å²) >= 11 is 4.81. The summed E-state index contributed by atoms with van der Waals surface area (Å²) in [4.78, 5) is 0. The van der Waals surface area contributed by atoms with Gasteiger partial charge in [-0.05, 0) is 45.1 Å². The van der Waals surface area contributed by atoms with Gasteiger partial charge in [0.15, 0.2) is 0 Å². The Morgan fingerprint density at radius 1 is 1.07 bits per heavy atom. The number of thiophene rings is 1. The quantitative estimate of drug-likeness (QED) is 0.721. The van der Waals surface area contributed by atoms with E-state index in [0.717, 1.165) is 15.4 Å². The molecule has 0 fully saturated rings. The minimum Gasteiger partial charge on any atom is -0.207 e. The van der Waals surface area contributed by atoms with Crippen LogP contribution in [0, 0.1) is 11.6 Å². The van der Waals surface area contributed by atoms with Crippen molar-refractivity contribution in [2.24, 2.45) is 0 Å². The highest BCUT2D eigenvalue weighted by Gasteiger charge is 2.07. The van der Waals surface area contributed by atoms with Crippen LogP contribution in [0.2, 0.25) is 0 Å². The third-order valence-electron chi connectivity index (χ3n) is 1.79. The molecular formula is C10H5BrF2S. The van der Waals surface area contributed by atoms with Crippen molar-refractivity contribution in [1.82, 2.24) is 0 Å². The number of hydrogen-bond acceptors (Lipinski definition) is 1. The van der Waals surface area contributed by atoms with Gasteiger partial charge in [0.05, 0.1) is 3.79 Å². The van der Waals surface area contributed by atoms with Gasteiger partial charge in [-0.1, -0.05) is 0 Å². The molecule has 4 heteroatoms. The fourth-order valence-corrected chi connectivity index (χ4v) is 2.53. The van der Waals surface area contributed by atoms with Crippen LogP contribution in [0.3, 0.4) is 0 Å². The molecule has 1 aromatic heterocycles. The Morgan fingerprint density at radius 3 is 2.21 bits per heavy atom. The monoisotopic (exact) mass is 274 g/mol. The number of benzene rings is 1. The minimum atomic E-state index is -0.557. The van der Waals surface area contributed by atoms with E-state index in [9.17, 15) is 8.78 Å². The molecule has 0 nitrogen and oxygen atoms in total. The van der Waals surface area contributed by atoms with Crippen LogP contribution in [0.5, 0.6) is 0 Å². The van der Waals surface area contributed by atoms with Crippen LogP contribution in [0.15, 0.2) is 33.4 Å². The van der Waals surface area contributed by atoms with Crippen LogP contribution < -0.4 is 0 Å². The van der Waals surface area contributed by atoms with Crippen molar-refractivity contribution in [3.63, 3.8) is 0 Å². The maximum absolute atomic E-state index is 12.9. The lowest BCUT2D eigenvalue weighted by Gasteiger charge is -2.00. The van der Waals surface area contributed by atoms with Gasteiger partial charge in [0, 0.05) is 11.6 Å². The maximum Gasteiger partial charge on any atom is 0.126 e. The summed E-state index contributed by atoms with van der Waals surface area (Å²) in [5.74, 6) is -1.11. The molecule has 0 unspecified atom stereocenters. The fraction of sp³-hybridized carbons (Fsp3) is 0. The van der Waals surface area contributed by atoms with Crippen LogP contribution >= 0.6 is 27.3 Å². The Morgan fingerprint density at radius 2 is 1.71 bits per heavy atom. The summed E-state index contributed by atoms with van der Waals surface area (Å²) in [5.41, 5.74) is 1.36. The van der Waals surface area contributed by atoms with Gasteiger partial charge in [-0.3, -0.25) is 0 Å². The lowest BCUT2D eigenvalue weighted by atomic mass is 10.1. The first kappa shape index (κ1) is 9.80. The molecule has 0 N–H and O–H groups in total. The smallest absolute Gasteiger partial charge is 0.126 e. The van der Waals surface area contributed by atoms with Crippen molar-refractivity contribution >= 4 is 27.3 Å². The predicted octanol–water partition coefficient (Wildman–Crippen LogP) is 4.46. The molecule has 2 aromatic rings. The van der Waals surface area contributed by atoms with E-state index in [1.54, 1.807) is 0 Å². The Hall–Kier alpha value is -0.740. The first-order valence-electron chi connectivity index (χ1n) is 3.86. The molecule has 1 aromatic carbocycles.